The molecule has 0 amide bonds. The van der Waals surface area contributed by atoms with Crippen molar-refractivity contribution < 1.29 is 0 Å². The molecule has 2 N–H and O–H groups in total. The quantitative estimate of drug-likeness (QED) is 0.857. The summed E-state index contributed by atoms with van der Waals surface area (Å²) in [5, 5.41) is 0.695. The van der Waals surface area contributed by atoms with E-state index in [1.54, 1.807) is 11.3 Å². The lowest BCUT2D eigenvalue weighted by molar-refractivity contribution is 0.181. The van der Waals surface area contributed by atoms with Gasteiger partial charge in [0.15, 0.2) is 5.13 Å². The summed E-state index contributed by atoms with van der Waals surface area (Å²) >= 11 is 1.63. The first-order chi connectivity index (χ1) is 8.65. The van der Waals surface area contributed by atoms with Crippen LogP contribution in [-0.4, -0.2) is 22.5 Å². The van der Waals surface area contributed by atoms with Gasteiger partial charge in [-0.3, -0.25) is 4.90 Å². The van der Waals surface area contributed by atoms with Crippen molar-refractivity contribution in [1.29, 1.82) is 0 Å². The Labute approximate surface area is 114 Å². The zero-order valence-corrected chi connectivity index (χ0v) is 12.4. The molecule has 0 aromatic carbocycles. The third kappa shape index (κ3) is 3.95. The molecule has 0 bridgehead atoms. The van der Waals surface area contributed by atoms with Crippen molar-refractivity contribution >= 4 is 16.5 Å². The molecule has 0 saturated heterocycles. The second kappa shape index (κ2) is 6.53. The van der Waals surface area contributed by atoms with E-state index >= 15 is 0 Å². The maximum Gasteiger partial charge on any atom is 0.180 e. The van der Waals surface area contributed by atoms with Crippen LogP contribution in [-0.2, 0) is 6.54 Å². The molecule has 1 saturated carbocycles. The highest BCUT2D eigenvalue weighted by molar-refractivity contribution is 7.15. The van der Waals surface area contributed by atoms with Crippen LogP contribution in [0.2, 0.25) is 0 Å². The van der Waals surface area contributed by atoms with E-state index in [4.69, 9.17) is 5.73 Å². The Morgan fingerprint density at radius 1 is 1.44 bits per heavy atom. The Kier molecular flexibility index (Phi) is 5.01. The van der Waals surface area contributed by atoms with Crippen molar-refractivity contribution in [1.82, 2.24) is 9.88 Å². The first-order valence-corrected chi connectivity index (χ1v) is 7.91. The van der Waals surface area contributed by atoms with Crippen molar-refractivity contribution in [2.24, 2.45) is 5.92 Å². The Balaban J connectivity index is 1.94. The molecule has 2 rings (SSSR count). The number of nitrogens with zero attached hydrogens (tertiary/aromatic N) is 2. The summed E-state index contributed by atoms with van der Waals surface area (Å²) in [6, 6.07) is 0.784. The number of thiazole rings is 1. The summed E-state index contributed by atoms with van der Waals surface area (Å²) < 4.78 is 0. The van der Waals surface area contributed by atoms with Crippen LogP contribution >= 0.6 is 11.3 Å². The van der Waals surface area contributed by atoms with Gasteiger partial charge >= 0.3 is 0 Å². The maximum absolute atomic E-state index is 5.72. The van der Waals surface area contributed by atoms with Gasteiger partial charge in [0.25, 0.3) is 0 Å². The van der Waals surface area contributed by atoms with E-state index in [-0.39, 0.29) is 0 Å². The lowest BCUT2D eigenvalue weighted by atomic mass is 10.1. The van der Waals surface area contributed by atoms with E-state index < -0.39 is 0 Å². The Bertz CT molecular complexity index is 356. The number of aromatic nitrogens is 1. The molecule has 1 heterocycles. The monoisotopic (exact) mass is 267 g/mol. The predicted octanol–water partition coefficient (Wildman–Crippen LogP) is 3.52. The van der Waals surface area contributed by atoms with Crippen LogP contribution in [0.1, 0.15) is 50.8 Å². The molecule has 1 aromatic rings. The maximum atomic E-state index is 5.72. The van der Waals surface area contributed by atoms with Crippen molar-refractivity contribution in [3.63, 3.8) is 0 Å². The van der Waals surface area contributed by atoms with Crippen LogP contribution in [0.15, 0.2) is 6.20 Å². The average molecular weight is 267 g/mol. The van der Waals surface area contributed by atoms with Gasteiger partial charge in [0.1, 0.15) is 0 Å². The Hall–Kier alpha value is -0.610. The van der Waals surface area contributed by atoms with E-state index in [0.29, 0.717) is 5.13 Å². The van der Waals surface area contributed by atoms with E-state index in [1.165, 1.54) is 43.5 Å². The zero-order chi connectivity index (χ0) is 13.0. The molecule has 3 nitrogen and oxygen atoms in total. The third-order valence-corrected chi connectivity index (χ3v) is 4.58. The molecular formula is C14H25N3S. The standard InChI is InChI=1S/C14H25N3S/c1-11(2)7-8-17(12-5-3-4-6-12)10-13-9-16-14(15)18-13/h9,11-12H,3-8,10H2,1-2H3,(H2,15,16). The first-order valence-electron chi connectivity index (χ1n) is 7.09. The first kappa shape index (κ1) is 13.8. The Morgan fingerprint density at radius 3 is 2.72 bits per heavy atom. The van der Waals surface area contributed by atoms with Crippen molar-refractivity contribution in [2.45, 2.75) is 58.5 Å². The van der Waals surface area contributed by atoms with Crippen LogP contribution in [0.3, 0.4) is 0 Å². The summed E-state index contributed by atoms with van der Waals surface area (Å²) in [6.07, 6.45) is 8.75. The van der Waals surface area contributed by atoms with Gasteiger partial charge in [0.2, 0.25) is 0 Å². The van der Waals surface area contributed by atoms with Crippen molar-refractivity contribution in [2.75, 3.05) is 12.3 Å². The predicted molar refractivity (Wildman–Crippen MR) is 78.6 cm³/mol. The van der Waals surface area contributed by atoms with E-state index in [2.05, 4.69) is 23.7 Å². The highest BCUT2D eigenvalue weighted by atomic mass is 32.1. The van der Waals surface area contributed by atoms with Crippen LogP contribution in [0.25, 0.3) is 0 Å². The summed E-state index contributed by atoms with van der Waals surface area (Å²) in [5.41, 5.74) is 5.72. The average Bonchev–Trinajstić information content (AvgIpc) is 2.95. The summed E-state index contributed by atoms with van der Waals surface area (Å²) in [7, 11) is 0. The van der Waals surface area contributed by atoms with Gasteiger partial charge < -0.3 is 5.73 Å². The van der Waals surface area contributed by atoms with Gasteiger partial charge in [-0.2, -0.15) is 0 Å². The molecule has 0 radical (unpaired) electrons. The fourth-order valence-electron chi connectivity index (χ4n) is 2.68. The lowest BCUT2D eigenvalue weighted by Gasteiger charge is -2.28. The van der Waals surface area contributed by atoms with Crippen molar-refractivity contribution in [3.8, 4) is 0 Å². The Morgan fingerprint density at radius 2 is 2.17 bits per heavy atom. The summed E-state index contributed by atoms with van der Waals surface area (Å²) in [5.74, 6) is 0.778. The van der Waals surface area contributed by atoms with Gasteiger partial charge in [-0.15, -0.1) is 11.3 Å². The second-order valence-corrected chi connectivity index (χ2v) is 6.90. The molecule has 0 spiro atoms. The van der Waals surface area contributed by atoms with Gasteiger partial charge in [0, 0.05) is 23.7 Å². The summed E-state index contributed by atoms with van der Waals surface area (Å²) in [6.45, 7) is 6.85. The number of nitrogens with two attached hydrogens (primary N) is 1. The molecule has 0 atom stereocenters. The fourth-order valence-corrected chi connectivity index (χ4v) is 3.39. The molecule has 1 fully saturated rings. The van der Waals surface area contributed by atoms with Crippen LogP contribution < -0.4 is 5.73 Å². The highest BCUT2D eigenvalue weighted by Crippen LogP contribution is 2.27. The molecule has 1 aromatic heterocycles. The van der Waals surface area contributed by atoms with Gasteiger partial charge in [-0.05, 0) is 31.7 Å². The number of anilines is 1. The summed E-state index contributed by atoms with van der Waals surface area (Å²) in [4.78, 5) is 8.12. The minimum Gasteiger partial charge on any atom is -0.375 e. The van der Waals surface area contributed by atoms with Crippen LogP contribution in [0.5, 0.6) is 0 Å². The lowest BCUT2D eigenvalue weighted by Crippen LogP contribution is -2.33. The molecule has 1 aliphatic carbocycles. The van der Waals surface area contributed by atoms with Gasteiger partial charge in [-0.25, -0.2) is 4.98 Å². The van der Waals surface area contributed by atoms with Crippen molar-refractivity contribution in [3.05, 3.63) is 11.1 Å². The smallest absolute Gasteiger partial charge is 0.180 e. The van der Waals surface area contributed by atoms with Crippen LogP contribution in [0.4, 0.5) is 5.13 Å². The van der Waals surface area contributed by atoms with E-state index in [1.807, 2.05) is 6.20 Å². The fraction of sp³-hybridized carbons (Fsp3) is 0.786. The number of rotatable bonds is 6. The minimum absolute atomic E-state index is 0.695. The van der Waals surface area contributed by atoms with Gasteiger partial charge in [-0.1, -0.05) is 26.7 Å². The SMILES string of the molecule is CC(C)CCN(Cc1cnc(N)s1)C1CCCC1. The zero-order valence-electron chi connectivity index (χ0n) is 11.6. The van der Waals surface area contributed by atoms with E-state index in [9.17, 15) is 0 Å². The molecule has 0 unspecified atom stereocenters. The molecule has 4 heteroatoms. The third-order valence-electron chi connectivity index (χ3n) is 3.77. The topological polar surface area (TPSA) is 42.2 Å². The number of hydrogen-bond donors (Lipinski definition) is 1. The van der Waals surface area contributed by atoms with Gasteiger partial charge in [0.05, 0.1) is 0 Å². The molecular weight excluding hydrogens is 242 g/mol. The number of nitrogen functional groups attached to an aromatic ring is 1. The minimum atomic E-state index is 0.695. The molecule has 0 aliphatic heterocycles. The second-order valence-electron chi connectivity index (χ2n) is 5.76. The number of hydrogen-bond acceptors (Lipinski definition) is 4. The molecule has 18 heavy (non-hydrogen) atoms. The molecule has 102 valence electrons. The normalized spacial score (nSPS) is 17.1. The van der Waals surface area contributed by atoms with Crippen LogP contribution in [0, 0.1) is 5.92 Å². The molecule has 1 aliphatic rings. The largest absolute Gasteiger partial charge is 0.375 e. The van der Waals surface area contributed by atoms with E-state index in [0.717, 1.165) is 18.5 Å². The highest BCUT2D eigenvalue weighted by Gasteiger charge is 2.23.